The molecule has 2 nitrogen and oxygen atoms in total. The molecule has 0 fully saturated rings. The van der Waals surface area contributed by atoms with E-state index >= 15 is 0 Å². The van der Waals surface area contributed by atoms with Crippen LogP contribution in [0.1, 0.15) is 12.0 Å². The van der Waals surface area contributed by atoms with Crippen LogP contribution < -0.4 is 5.32 Å². The van der Waals surface area contributed by atoms with Crippen molar-refractivity contribution in [1.29, 1.82) is 0 Å². The number of carbonyl (C=O) groups excluding carboxylic acids is 1. The van der Waals surface area contributed by atoms with Gasteiger partial charge in [-0.1, -0.05) is 12.1 Å². The van der Waals surface area contributed by atoms with E-state index < -0.39 is 12.1 Å². The van der Waals surface area contributed by atoms with E-state index in [9.17, 15) is 18.0 Å². The fourth-order valence-electron chi connectivity index (χ4n) is 1.26. The minimum atomic E-state index is -4.80. The minimum Gasteiger partial charge on any atom is -0.348 e. The number of benzene rings is 1. The first-order chi connectivity index (χ1) is 7.89. The van der Waals surface area contributed by atoms with Crippen molar-refractivity contribution in [2.45, 2.75) is 23.9 Å². The molecule has 1 N–H and O–H groups in total. The van der Waals surface area contributed by atoms with Crippen LogP contribution in [0.2, 0.25) is 0 Å². The van der Waals surface area contributed by atoms with Crippen LogP contribution in [-0.4, -0.2) is 18.6 Å². The number of alkyl halides is 3. The number of thiol groups is 1. The van der Waals surface area contributed by atoms with Gasteiger partial charge in [-0.15, -0.1) is 12.6 Å². The Labute approximate surface area is 103 Å². The molecule has 0 aromatic heterocycles. The third-order valence-corrected chi connectivity index (χ3v) is 2.42. The van der Waals surface area contributed by atoms with Crippen LogP contribution in [0.5, 0.6) is 0 Å². The Morgan fingerprint density at radius 1 is 1.24 bits per heavy atom. The molecule has 0 saturated heterocycles. The van der Waals surface area contributed by atoms with Crippen molar-refractivity contribution in [2.75, 3.05) is 6.54 Å². The quantitative estimate of drug-likeness (QED) is 0.634. The zero-order valence-electron chi connectivity index (χ0n) is 8.92. The Morgan fingerprint density at radius 3 is 2.35 bits per heavy atom. The van der Waals surface area contributed by atoms with Crippen molar-refractivity contribution >= 4 is 18.5 Å². The summed E-state index contributed by atoms with van der Waals surface area (Å²) in [6.07, 6.45) is -3.71. The third-order valence-electron chi connectivity index (χ3n) is 2.12. The van der Waals surface area contributed by atoms with E-state index in [-0.39, 0.29) is 6.54 Å². The first-order valence-corrected chi connectivity index (χ1v) is 5.47. The molecule has 0 spiro atoms. The van der Waals surface area contributed by atoms with Gasteiger partial charge in [0.25, 0.3) is 0 Å². The molecule has 0 aliphatic rings. The zero-order valence-corrected chi connectivity index (χ0v) is 9.81. The molecule has 1 rings (SSSR count). The molecule has 94 valence electrons. The monoisotopic (exact) mass is 263 g/mol. The summed E-state index contributed by atoms with van der Waals surface area (Å²) < 4.78 is 35.5. The summed E-state index contributed by atoms with van der Waals surface area (Å²) in [7, 11) is 0. The number of rotatable bonds is 4. The van der Waals surface area contributed by atoms with Gasteiger partial charge < -0.3 is 5.32 Å². The van der Waals surface area contributed by atoms with Gasteiger partial charge in [0.1, 0.15) is 0 Å². The molecule has 6 heteroatoms. The van der Waals surface area contributed by atoms with Gasteiger partial charge in [0.15, 0.2) is 0 Å². The minimum absolute atomic E-state index is 0.0149. The van der Waals surface area contributed by atoms with E-state index in [0.29, 0.717) is 12.8 Å². The van der Waals surface area contributed by atoms with Crippen LogP contribution in [0.3, 0.4) is 0 Å². The zero-order chi connectivity index (χ0) is 12.9. The maximum absolute atomic E-state index is 11.8. The van der Waals surface area contributed by atoms with Crippen molar-refractivity contribution < 1.29 is 18.0 Å². The first kappa shape index (κ1) is 13.9. The summed E-state index contributed by atoms with van der Waals surface area (Å²) in [6.45, 7) is 0.0149. The Hall–Kier alpha value is -1.17. The molecule has 1 aromatic rings. The molecule has 0 unspecified atom stereocenters. The summed E-state index contributed by atoms with van der Waals surface area (Å²) in [5.41, 5.74) is 1.00. The van der Waals surface area contributed by atoms with Crippen molar-refractivity contribution in [3.63, 3.8) is 0 Å². The van der Waals surface area contributed by atoms with E-state index in [4.69, 9.17) is 0 Å². The second-order valence-electron chi connectivity index (χ2n) is 3.52. The number of halogens is 3. The number of hydrogen-bond acceptors (Lipinski definition) is 2. The van der Waals surface area contributed by atoms with Crippen LogP contribution in [0.25, 0.3) is 0 Å². The molecule has 0 heterocycles. The average molecular weight is 263 g/mol. The number of amides is 1. The van der Waals surface area contributed by atoms with Crippen LogP contribution in [0.15, 0.2) is 29.2 Å². The summed E-state index contributed by atoms with van der Waals surface area (Å²) in [5.74, 6) is -1.89. The van der Waals surface area contributed by atoms with Crippen molar-refractivity contribution in [3.8, 4) is 0 Å². The first-order valence-electron chi connectivity index (χ1n) is 5.02. The Morgan fingerprint density at radius 2 is 1.82 bits per heavy atom. The summed E-state index contributed by atoms with van der Waals surface area (Å²) in [5, 5.41) is 1.83. The predicted octanol–water partition coefficient (Wildman–Crippen LogP) is 2.59. The predicted molar refractivity (Wildman–Crippen MR) is 61.1 cm³/mol. The van der Waals surface area contributed by atoms with Gasteiger partial charge in [-0.2, -0.15) is 13.2 Å². The summed E-state index contributed by atoms with van der Waals surface area (Å²) >= 11 is 4.12. The topological polar surface area (TPSA) is 29.1 Å². The Kier molecular flexibility index (Phi) is 4.86. The van der Waals surface area contributed by atoms with Crippen LogP contribution in [-0.2, 0) is 11.2 Å². The maximum Gasteiger partial charge on any atom is 0.471 e. The maximum atomic E-state index is 11.8. The highest BCUT2D eigenvalue weighted by Gasteiger charge is 2.38. The lowest BCUT2D eigenvalue weighted by Crippen LogP contribution is -2.37. The standard InChI is InChI=1S/C11H12F3NOS/c12-11(13,14)10(16)15-7-1-2-8-3-5-9(17)6-4-8/h3-6,17H,1-2,7H2,(H,15,16). The number of hydrogen-bond donors (Lipinski definition) is 2. The van der Waals surface area contributed by atoms with Gasteiger partial charge in [-0.05, 0) is 30.5 Å². The third kappa shape index (κ3) is 5.12. The molecule has 0 atom stereocenters. The average Bonchev–Trinajstić information content (AvgIpc) is 2.25. The van der Waals surface area contributed by atoms with E-state index in [1.807, 2.05) is 29.6 Å². The lowest BCUT2D eigenvalue weighted by atomic mass is 10.1. The second kappa shape index (κ2) is 5.95. The van der Waals surface area contributed by atoms with Gasteiger partial charge in [0, 0.05) is 11.4 Å². The van der Waals surface area contributed by atoms with Gasteiger partial charge in [-0.3, -0.25) is 4.79 Å². The fourth-order valence-corrected chi connectivity index (χ4v) is 1.41. The molecule has 17 heavy (non-hydrogen) atoms. The lowest BCUT2D eigenvalue weighted by Gasteiger charge is -2.07. The van der Waals surface area contributed by atoms with E-state index in [2.05, 4.69) is 12.6 Å². The molecule has 0 aliphatic carbocycles. The van der Waals surface area contributed by atoms with E-state index in [1.165, 1.54) is 0 Å². The molecule has 1 aromatic carbocycles. The molecule has 0 radical (unpaired) electrons. The molecule has 0 saturated carbocycles. The highest BCUT2D eigenvalue weighted by atomic mass is 32.1. The van der Waals surface area contributed by atoms with Crippen LogP contribution >= 0.6 is 12.6 Å². The number of nitrogens with one attached hydrogen (secondary N) is 1. The highest BCUT2D eigenvalue weighted by Crippen LogP contribution is 2.14. The molecular formula is C11H12F3NOS. The number of aryl methyl sites for hydroxylation is 1. The van der Waals surface area contributed by atoms with Gasteiger partial charge in [0.2, 0.25) is 0 Å². The molecule has 1 amide bonds. The summed E-state index contributed by atoms with van der Waals surface area (Å²) in [6, 6.07) is 7.33. The summed E-state index contributed by atoms with van der Waals surface area (Å²) in [4.78, 5) is 11.3. The van der Waals surface area contributed by atoms with Crippen molar-refractivity contribution in [1.82, 2.24) is 5.32 Å². The smallest absolute Gasteiger partial charge is 0.348 e. The fraction of sp³-hybridized carbons (Fsp3) is 0.364. The van der Waals surface area contributed by atoms with Crippen molar-refractivity contribution in [3.05, 3.63) is 29.8 Å². The molecule has 0 aliphatic heterocycles. The number of carbonyl (C=O) groups is 1. The Balaban J connectivity index is 2.25. The van der Waals surface area contributed by atoms with E-state index in [0.717, 1.165) is 10.5 Å². The van der Waals surface area contributed by atoms with Crippen LogP contribution in [0.4, 0.5) is 13.2 Å². The Bertz CT molecular complexity index is 375. The SMILES string of the molecule is O=C(NCCCc1ccc(S)cc1)C(F)(F)F. The normalized spacial score (nSPS) is 11.3. The molecule has 0 bridgehead atoms. The van der Waals surface area contributed by atoms with Crippen molar-refractivity contribution in [2.24, 2.45) is 0 Å². The van der Waals surface area contributed by atoms with Gasteiger partial charge in [-0.25, -0.2) is 0 Å². The second-order valence-corrected chi connectivity index (χ2v) is 4.04. The van der Waals surface area contributed by atoms with E-state index in [1.54, 1.807) is 0 Å². The molecular weight excluding hydrogens is 251 g/mol. The van der Waals surface area contributed by atoms with Crippen LogP contribution in [0, 0.1) is 0 Å². The largest absolute Gasteiger partial charge is 0.471 e. The van der Waals surface area contributed by atoms with Gasteiger partial charge in [0.05, 0.1) is 0 Å². The highest BCUT2D eigenvalue weighted by molar-refractivity contribution is 7.80. The lowest BCUT2D eigenvalue weighted by molar-refractivity contribution is -0.173. The van der Waals surface area contributed by atoms with Gasteiger partial charge >= 0.3 is 12.1 Å².